The first kappa shape index (κ1) is 13.1. The third-order valence-corrected chi connectivity index (χ3v) is 4.26. The van der Waals surface area contributed by atoms with Crippen LogP contribution in [0.4, 0.5) is 14.9 Å². The highest BCUT2D eigenvalue weighted by Crippen LogP contribution is 2.41. The molecular weight excluding hydrogens is 259 g/mol. The average Bonchev–Trinajstić information content (AvgIpc) is 2.64. The van der Waals surface area contributed by atoms with Crippen molar-refractivity contribution in [2.75, 3.05) is 11.4 Å². The number of hydrogen-bond acceptors (Lipinski definition) is 2. The van der Waals surface area contributed by atoms with Crippen LogP contribution in [0, 0.1) is 11.2 Å². The smallest absolute Gasteiger partial charge is 0.311 e. The van der Waals surface area contributed by atoms with Crippen molar-refractivity contribution in [1.82, 2.24) is 4.90 Å². The van der Waals surface area contributed by atoms with Gasteiger partial charge in [0.1, 0.15) is 11.9 Å². The lowest BCUT2D eigenvalue weighted by atomic mass is 9.77. The summed E-state index contributed by atoms with van der Waals surface area (Å²) >= 11 is 0. The first-order valence-corrected chi connectivity index (χ1v) is 6.82. The Balaban J connectivity index is 2.05. The second-order valence-electron chi connectivity index (χ2n) is 6.10. The van der Waals surface area contributed by atoms with Gasteiger partial charge in [0.2, 0.25) is 0 Å². The Morgan fingerprint density at radius 1 is 1.25 bits per heavy atom. The van der Waals surface area contributed by atoms with Crippen molar-refractivity contribution in [3.05, 3.63) is 30.1 Å². The molecule has 2 aliphatic heterocycles. The van der Waals surface area contributed by atoms with Crippen LogP contribution in [0.15, 0.2) is 24.3 Å². The Morgan fingerprint density at radius 2 is 1.95 bits per heavy atom. The zero-order chi connectivity index (χ0) is 14.5. The van der Waals surface area contributed by atoms with Crippen molar-refractivity contribution in [2.24, 2.45) is 5.41 Å². The van der Waals surface area contributed by atoms with Crippen LogP contribution in [0.1, 0.15) is 26.7 Å². The molecule has 0 bridgehead atoms. The summed E-state index contributed by atoms with van der Waals surface area (Å²) in [5.41, 5.74) is -0.224. The molecule has 1 atom stereocenters. The quantitative estimate of drug-likeness (QED) is 0.740. The molecule has 2 saturated heterocycles. The summed E-state index contributed by atoms with van der Waals surface area (Å²) in [6, 6.07) is 5.01. The second kappa shape index (κ2) is 4.30. The van der Waals surface area contributed by atoms with Gasteiger partial charge >= 0.3 is 6.03 Å². The number of halogens is 1. The topological polar surface area (TPSA) is 40.6 Å². The highest BCUT2D eigenvalue weighted by Gasteiger charge is 2.54. The molecular formula is C15H17FN2O2. The van der Waals surface area contributed by atoms with E-state index in [0.29, 0.717) is 6.54 Å². The number of urea groups is 1. The van der Waals surface area contributed by atoms with E-state index in [1.807, 2.05) is 13.8 Å². The van der Waals surface area contributed by atoms with E-state index in [2.05, 4.69) is 0 Å². The van der Waals surface area contributed by atoms with Crippen LogP contribution >= 0.6 is 0 Å². The Hall–Kier alpha value is -1.91. The number of nitrogens with zero attached hydrogens (tertiary/aromatic N) is 2. The van der Waals surface area contributed by atoms with Gasteiger partial charge in [-0.2, -0.15) is 0 Å². The molecule has 0 aromatic heterocycles. The molecule has 0 radical (unpaired) electrons. The zero-order valence-corrected chi connectivity index (χ0v) is 11.6. The molecule has 0 aliphatic carbocycles. The molecule has 2 heterocycles. The Kier molecular flexibility index (Phi) is 2.81. The molecule has 2 fully saturated rings. The number of amides is 3. The number of fused-ring (bicyclic) bond motifs is 1. The molecule has 106 valence electrons. The number of piperidine rings is 1. The van der Waals surface area contributed by atoms with Gasteiger partial charge in [-0.05, 0) is 30.4 Å². The summed E-state index contributed by atoms with van der Waals surface area (Å²) in [6.07, 6.45) is 1.76. The van der Waals surface area contributed by atoms with Gasteiger partial charge in [-0.3, -0.25) is 4.79 Å². The van der Waals surface area contributed by atoms with Gasteiger partial charge in [0.15, 0.2) is 0 Å². The van der Waals surface area contributed by atoms with E-state index in [-0.39, 0.29) is 17.0 Å². The standard InChI is InChI=1S/C15H17FN2O2/c1-15(2)8-5-9-17-12(15)13(19)18(14(17)20)11-7-4-3-6-10(11)16/h3-4,6-7,12H,5,8-9H2,1-2H3. The number of benzene rings is 1. The van der Waals surface area contributed by atoms with Gasteiger partial charge in [-0.1, -0.05) is 26.0 Å². The minimum Gasteiger partial charge on any atom is -0.311 e. The molecule has 2 aliphatic rings. The molecule has 20 heavy (non-hydrogen) atoms. The maximum Gasteiger partial charge on any atom is 0.332 e. The van der Waals surface area contributed by atoms with Crippen LogP contribution in [-0.2, 0) is 4.79 Å². The van der Waals surface area contributed by atoms with E-state index in [1.165, 1.54) is 12.1 Å². The molecule has 0 spiro atoms. The van der Waals surface area contributed by atoms with Crippen molar-refractivity contribution >= 4 is 17.6 Å². The normalized spacial score (nSPS) is 25.1. The molecule has 3 rings (SSSR count). The lowest BCUT2D eigenvalue weighted by molar-refractivity contribution is -0.124. The highest BCUT2D eigenvalue weighted by atomic mass is 19.1. The van der Waals surface area contributed by atoms with E-state index in [9.17, 15) is 14.0 Å². The fourth-order valence-electron chi connectivity index (χ4n) is 3.27. The van der Waals surface area contributed by atoms with Gasteiger partial charge in [0.05, 0.1) is 5.69 Å². The predicted octanol–water partition coefficient (Wildman–Crippen LogP) is 2.78. The molecule has 5 heteroatoms. The molecule has 0 N–H and O–H groups in total. The Morgan fingerprint density at radius 3 is 2.60 bits per heavy atom. The van der Waals surface area contributed by atoms with Crippen molar-refractivity contribution in [1.29, 1.82) is 0 Å². The van der Waals surface area contributed by atoms with Crippen LogP contribution in [0.2, 0.25) is 0 Å². The SMILES string of the molecule is CC1(C)CCCN2C(=O)N(c3ccccc3F)C(=O)C21. The summed E-state index contributed by atoms with van der Waals surface area (Å²) in [6.45, 7) is 4.53. The minimum atomic E-state index is -0.549. The number of para-hydroxylation sites is 1. The van der Waals surface area contributed by atoms with Gasteiger partial charge in [0.25, 0.3) is 5.91 Å². The fourth-order valence-corrected chi connectivity index (χ4v) is 3.27. The first-order chi connectivity index (χ1) is 9.43. The van der Waals surface area contributed by atoms with Gasteiger partial charge in [0, 0.05) is 6.54 Å². The number of imide groups is 1. The summed E-state index contributed by atoms with van der Waals surface area (Å²) < 4.78 is 13.9. The second-order valence-corrected chi connectivity index (χ2v) is 6.10. The predicted molar refractivity (Wildman–Crippen MR) is 72.8 cm³/mol. The van der Waals surface area contributed by atoms with Crippen LogP contribution < -0.4 is 4.90 Å². The lowest BCUT2D eigenvalue weighted by Crippen LogP contribution is -2.49. The van der Waals surface area contributed by atoms with E-state index < -0.39 is 17.9 Å². The minimum absolute atomic E-state index is 0.0488. The molecule has 1 aromatic rings. The van der Waals surface area contributed by atoms with Crippen LogP contribution in [-0.4, -0.2) is 29.4 Å². The van der Waals surface area contributed by atoms with Crippen molar-refractivity contribution in [3.8, 4) is 0 Å². The Labute approximate surface area is 117 Å². The summed E-state index contributed by atoms with van der Waals surface area (Å²) in [7, 11) is 0. The number of carbonyl (C=O) groups excluding carboxylic acids is 2. The number of anilines is 1. The van der Waals surface area contributed by atoms with E-state index in [1.54, 1.807) is 17.0 Å². The third kappa shape index (κ3) is 1.72. The van der Waals surface area contributed by atoms with Crippen molar-refractivity contribution in [3.63, 3.8) is 0 Å². The molecule has 1 aromatic carbocycles. The Bertz CT molecular complexity index is 585. The maximum atomic E-state index is 13.9. The zero-order valence-electron chi connectivity index (χ0n) is 11.6. The van der Waals surface area contributed by atoms with E-state index >= 15 is 0 Å². The van der Waals surface area contributed by atoms with Crippen molar-refractivity contribution in [2.45, 2.75) is 32.7 Å². The van der Waals surface area contributed by atoms with E-state index in [4.69, 9.17) is 0 Å². The molecule has 0 saturated carbocycles. The largest absolute Gasteiger partial charge is 0.332 e. The van der Waals surface area contributed by atoms with Crippen LogP contribution in [0.25, 0.3) is 0 Å². The maximum absolute atomic E-state index is 13.9. The van der Waals surface area contributed by atoms with Crippen LogP contribution in [0.5, 0.6) is 0 Å². The molecule has 4 nitrogen and oxygen atoms in total. The number of carbonyl (C=O) groups is 2. The summed E-state index contributed by atoms with van der Waals surface area (Å²) in [5.74, 6) is -0.864. The summed E-state index contributed by atoms with van der Waals surface area (Å²) in [5, 5.41) is 0. The lowest BCUT2D eigenvalue weighted by Gasteiger charge is -2.39. The van der Waals surface area contributed by atoms with Crippen molar-refractivity contribution < 1.29 is 14.0 Å². The number of rotatable bonds is 1. The molecule has 3 amide bonds. The van der Waals surface area contributed by atoms with Gasteiger partial charge in [-0.25, -0.2) is 14.1 Å². The summed E-state index contributed by atoms with van der Waals surface area (Å²) in [4.78, 5) is 27.6. The van der Waals surface area contributed by atoms with Gasteiger partial charge in [-0.15, -0.1) is 0 Å². The first-order valence-electron chi connectivity index (χ1n) is 6.82. The third-order valence-electron chi connectivity index (χ3n) is 4.26. The fraction of sp³-hybridized carbons (Fsp3) is 0.467. The van der Waals surface area contributed by atoms with Crippen LogP contribution in [0.3, 0.4) is 0 Å². The molecule has 1 unspecified atom stereocenters. The number of hydrogen-bond donors (Lipinski definition) is 0. The van der Waals surface area contributed by atoms with Gasteiger partial charge < -0.3 is 4.90 Å². The highest BCUT2D eigenvalue weighted by molar-refractivity contribution is 6.21. The van der Waals surface area contributed by atoms with E-state index in [0.717, 1.165) is 17.7 Å². The average molecular weight is 276 g/mol. The monoisotopic (exact) mass is 276 g/mol.